The van der Waals surface area contributed by atoms with Gasteiger partial charge in [-0.1, -0.05) is 25.0 Å². The van der Waals surface area contributed by atoms with Crippen molar-refractivity contribution in [2.75, 3.05) is 23.7 Å². The van der Waals surface area contributed by atoms with Gasteiger partial charge < -0.3 is 10.6 Å². The highest BCUT2D eigenvalue weighted by molar-refractivity contribution is 5.44. The summed E-state index contributed by atoms with van der Waals surface area (Å²) in [5.74, 6) is 1.21. The average Bonchev–Trinajstić information content (AvgIpc) is 2.65. The predicted octanol–water partition coefficient (Wildman–Crippen LogP) is 2.54. The molecule has 0 atom stereocenters. The van der Waals surface area contributed by atoms with E-state index >= 15 is 0 Å². The second-order valence-electron chi connectivity index (χ2n) is 5.42. The van der Waals surface area contributed by atoms with Gasteiger partial charge in [0.25, 0.3) is 0 Å². The lowest BCUT2D eigenvalue weighted by Gasteiger charge is -2.17. The first-order chi connectivity index (χ1) is 9.74. The molecule has 1 saturated heterocycles. The fraction of sp³-hybridized carbons (Fsp3) is 0.467. The highest BCUT2D eigenvalue weighted by atomic mass is 15.4. The van der Waals surface area contributed by atoms with Crippen molar-refractivity contribution in [3.63, 3.8) is 0 Å². The second kappa shape index (κ2) is 5.53. The molecule has 20 heavy (non-hydrogen) atoms. The molecule has 1 aliphatic heterocycles. The number of aromatic nitrogens is 3. The Labute approximate surface area is 119 Å². The molecule has 106 valence electrons. The zero-order chi connectivity index (χ0) is 13.9. The molecular weight excluding hydrogens is 250 g/mol. The first-order valence-corrected chi connectivity index (χ1v) is 7.28. The van der Waals surface area contributed by atoms with Crippen molar-refractivity contribution in [3.8, 4) is 5.69 Å². The highest BCUT2D eigenvalue weighted by Crippen LogP contribution is 2.20. The van der Waals surface area contributed by atoms with Crippen LogP contribution in [0.4, 0.5) is 11.9 Å². The van der Waals surface area contributed by atoms with Crippen LogP contribution in [0.15, 0.2) is 24.3 Å². The van der Waals surface area contributed by atoms with E-state index in [9.17, 15) is 0 Å². The molecule has 2 N–H and O–H groups in total. The van der Waals surface area contributed by atoms with Crippen molar-refractivity contribution in [2.45, 2.75) is 32.6 Å². The first kappa shape index (κ1) is 13.0. The molecule has 0 amide bonds. The normalized spacial score (nSPS) is 16.1. The van der Waals surface area contributed by atoms with Crippen LogP contribution in [0.25, 0.3) is 5.69 Å². The van der Waals surface area contributed by atoms with E-state index in [1.165, 1.54) is 31.2 Å². The third-order valence-corrected chi connectivity index (χ3v) is 3.76. The molecule has 0 spiro atoms. The van der Waals surface area contributed by atoms with Crippen molar-refractivity contribution in [3.05, 3.63) is 29.8 Å². The molecule has 1 fully saturated rings. The standard InChI is InChI=1S/C15H21N5/c1-12-7-6-8-13(11-12)20-14(16)17-15(18-20)19-9-4-2-3-5-10-19/h6-8,11H,2-5,9-10H2,1H3,(H2,16,17,18). The van der Waals surface area contributed by atoms with E-state index < -0.39 is 0 Å². The van der Waals surface area contributed by atoms with Crippen molar-refractivity contribution in [2.24, 2.45) is 0 Å². The van der Waals surface area contributed by atoms with E-state index in [4.69, 9.17) is 5.73 Å². The molecular formula is C15H21N5. The van der Waals surface area contributed by atoms with Gasteiger partial charge in [-0.2, -0.15) is 9.67 Å². The Hall–Kier alpha value is -2.04. The summed E-state index contributed by atoms with van der Waals surface area (Å²) in [4.78, 5) is 6.68. The van der Waals surface area contributed by atoms with Gasteiger partial charge in [0, 0.05) is 13.1 Å². The molecule has 3 rings (SSSR count). The van der Waals surface area contributed by atoms with Gasteiger partial charge in [0.05, 0.1) is 5.69 Å². The molecule has 0 unspecified atom stereocenters. The fourth-order valence-corrected chi connectivity index (χ4v) is 2.67. The largest absolute Gasteiger partial charge is 0.368 e. The summed E-state index contributed by atoms with van der Waals surface area (Å²) in [5, 5.41) is 4.59. The molecule has 2 aromatic rings. The number of hydrogen-bond donors (Lipinski definition) is 1. The number of rotatable bonds is 2. The quantitative estimate of drug-likeness (QED) is 0.912. The number of benzene rings is 1. The zero-order valence-corrected chi connectivity index (χ0v) is 11.9. The molecule has 2 heterocycles. The van der Waals surface area contributed by atoms with Crippen molar-refractivity contribution in [1.82, 2.24) is 14.8 Å². The van der Waals surface area contributed by atoms with Crippen LogP contribution in [0.5, 0.6) is 0 Å². The molecule has 0 radical (unpaired) electrons. The smallest absolute Gasteiger partial charge is 0.246 e. The first-order valence-electron chi connectivity index (χ1n) is 7.28. The third kappa shape index (κ3) is 2.61. The minimum absolute atomic E-state index is 0.454. The van der Waals surface area contributed by atoms with Gasteiger partial charge >= 0.3 is 0 Å². The summed E-state index contributed by atoms with van der Waals surface area (Å²) in [5.41, 5.74) is 8.19. The maximum atomic E-state index is 6.03. The number of hydrogen-bond acceptors (Lipinski definition) is 4. The average molecular weight is 271 g/mol. The van der Waals surface area contributed by atoms with Gasteiger partial charge in [0.2, 0.25) is 11.9 Å². The Morgan fingerprint density at radius 3 is 2.55 bits per heavy atom. The van der Waals surface area contributed by atoms with Crippen molar-refractivity contribution in [1.29, 1.82) is 0 Å². The van der Waals surface area contributed by atoms with Crippen LogP contribution >= 0.6 is 0 Å². The summed E-state index contributed by atoms with van der Waals surface area (Å²) in [6.45, 7) is 4.11. The van der Waals surface area contributed by atoms with Crippen LogP contribution in [-0.4, -0.2) is 27.9 Å². The van der Waals surface area contributed by atoms with Crippen LogP contribution in [0.3, 0.4) is 0 Å². The Kier molecular flexibility index (Phi) is 3.58. The summed E-state index contributed by atoms with van der Waals surface area (Å²) >= 11 is 0. The van der Waals surface area contributed by atoms with E-state index in [1.807, 2.05) is 12.1 Å². The van der Waals surface area contributed by atoms with Gasteiger partial charge in [-0.25, -0.2) is 0 Å². The van der Waals surface area contributed by atoms with Crippen LogP contribution in [0.2, 0.25) is 0 Å². The Bertz CT molecular complexity index is 582. The second-order valence-corrected chi connectivity index (χ2v) is 5.42. The predicted molar refractivity (Wildman–Crippen MR) is 81.2 cm³/mol. The number of nitrogen functional groups attached to an aromatic ring is 1. The highest BCUT2D eigenvalue weighted by Gasteiger charge is 2.16. The fourth-order valence-electron chi connectivity index (χ4n) is 2.67. The summed E-state index contributed by atoms with van der Waals surface area (Å²) in [7, 11) is 0. The Morgan fingerprint density at radius 1 is 1.10 bits per heavy atom. The van der Waals surface area contributed by atoms with E-state index in [2.05, 4.69) is 34.0 Å². The number of nitrogens with zero attached hydrogens (tertiary/aromatic N) is 4. The van der Waals surface area contributed by atoms with E-state index in [0.717, 1.165) is 24.7 Å². The third-order valence-electron chi connectivity index (χ3n) is 3.76. The zero-order valence-electron chi connectivity index (χ0n) is 11.9. The van der Waals surface area contributed by atoms with E-state index in [-0.39, 0.29) is 0 Å². The van der Waals surface area contributed by atoms with Gasteiger partial charge in [-0.15, -0.1) is 5.10 Å². The SMILES string of the molecule is Cc1cccc(-n2nc(N3CCCCCC3)nc2N)c1. The lowest BCUT2D eigenvalue weighted by atomic mass is 10.2. The lowest BCUT2D eigenvalue weighted by Crippen LogP contribution is -2.25. The topological polar surface area (TPSA) is 60.0 Å². The molecule has 0 saturated carbocycles. The summed E-state index contributed by atoms with van der Waals surface area (Å²) in [6.07, 6.45) is 5.01. The van der Waals surface area contributed by atoms with E-state index in [1.54, 1.807) is 4.68 Å². The van der Waals surface area contributed by atoms with Crippen LogP contribution in [0, 0.1) is 6.92 Å². The van der Waals surface area contributed by atoms with Crippen molar-refractivity contribution >= 4 is 11.9 Å². The van der Waals surface area contributed by atoms with Crippen molar-refractivity contribution < 1.29 is 0 Å². The monoisotopic (exact) mass is 271 g/mol. The van der Waals surface area contributed by atoms with Gasteiger partial charge in [-0.3, -0.25) is 0 Å². The maximum absolute atomic E-state index is 6.03. The molecule has 5 nitrogen and oxygen atoms in total. The minimum Gasteiger partial charge on any atom is -0.368 e. The molecule has 0 bridgehead atoms. The summed E-state index contributed by atoms with van der Waals surface area (Å²) < 4.78 is 1.73. The Balaban J connectivity index is 1.90. The van der Waals surface area contributed by atoms with Gasteiger partial charge in [0.1, 0.15) is 0 Å². The maximum Gasteiger partial charge on any atom is 0.246 e. The van der Waals surface area contributed by atoms with Crippen LogP contribution < -0.4 is 10.6 Å². The minimum atomic E-state index is 0.454. The molecule has 1 aromatic heterocycles. The number of anilines is 2. The molecule has 0 aliphatic carbocycles. The van der Waals surface area contributed by atoms with Gasteiger partial charge in [-0.05, 0) is 37.5 Å². The van der Waals surface area contributed by atoms with Crippen LogP contribution in [0.1, 0.15) is 31.2 Å². The van der Waals surface area contributed by atoms with Crippen LogP contribution in [-0.2, 0) is 0 Å². The number of aryl methyl sites for hydroxylation is 1. The lowest BCUT2D eigenvalue weighted by molar-refractivity contribution is 0.726. The Morgan fingerprint density at radius 2 is 1.85 bits per heavy atom. The molecule has 5 heteroatoms. The number of nitrogens with two attached hydrogens (primary N) is 1. The van der Waals surface area contributed by atoms with Gasteiger partial charge in [0.15, 0.2) is 0 Å². The van der Waals surface area contributed by atoms with E-state index in [0.29, 0.717) is 5.95 Å². The molecule has 1 aromatic carbocycles. The molecule has 1 aliphatic rings. The summed E-state index contributed by atoms with van der Waals surface area (Å²) in [6, 6.07) is 8.14.